The van der Waals surface area contributed by atoms with Crippen LogP contribution in [0.2, 0.25) is 0 Å². The van der Waals surface area contributed by atoms with Crippen molar-refractivity contribution in [3.8, 4) is 0 Å². The molecule has 0 atom stereocenters. The van der Waals surface area contributed by atoms with Crippen molar-refractivity contribution in [1.29, 1.82) is 0 Å². The van der Waals surface area contributed by atoms with Gasteiger partial charge < -0.3 is 6.15 Å². The Balaban J connectivity index is 0. The van der Waals surface area contributed by atoms with Crippen molar-refractivity contribution in [3.05, 3.63) is 6.15 Å². The van der Waals surface area contributed by atoms with Crippen LogP contribution in [0.3, 0.4) is 0 Å². The zero-order chi connectivity index (χ0) is 0. The molecule has 0 aromatic carbocycles. The van der Waals surface area contributed by atoms with E-state index in [4.69, 9.17) is 0 Å². The third-order valence-electron chi connectivity index (χ3n) is 0. The van der Waals surface area contributed by atoms with E-state index in [-0.39, 0.29) is 94.8 Å². The SMILES string of the molecule is [NH2-].[Na+].[Na+].[Na+]. The van der Waals surface area contributed by atoms with E-state index in [1.165, 1.54) is 0 Å². The van der Waals surface area contributed by atoms with Crippen molar-refractivity contribution in [2.24, 2.45) is 0 Å². The Labute approximate surface area is 92.7 Å². The first kappa shape index (κ1) is 28.2. The molecule has 0 heterocycles. The van der Waals surface area contributed by atoms with Crippen molar-refractivity contribution < 1.29 is 88.7 Å². The smallest absolute Gasteiger partial charge is 0.693 e. The molecule has 0 unspecified atom stereocenters. The summed E-state index contributed by atoms with van der Waals surface area (Å²) in [4.78, 5) is 0. The maximum Gasteiger partial charge on any atom is 1.00 e. The molecule has 8 valence electrons. The molecule has 0 fully saturated rings. The average Bonchev–Trinajstić information content (AvgIpc) is 0. The molecule has 0 rings (SSSR count). The van der Waals surface area contributed by atoms with Crippen molar-refractivity contribution in [1.82, 2.24) is 0 Å². The summed E-state index contributed by atoms with van der Waals surface area (Å²) in [7, 11) is 0. The fraction of sp³-hybridized carbons (Fsp3) is 0. The van der Waals surface area contributed by atoms with Crippen molar-refractivity contribution in [3.63, 3.8) is 0 Å². The summed E-state index contributed by atoms with van der Waals surface area (Å²) >= 11 is 0. The predicted molar refractivity (Wildman–Crippen MR) is 5.28 cm³/mol. The van der Waals surface area contributed by atoms with E-state index in [9.17, 15) is 0 Å². The molecule has 0 aliphatic heterocycles. The first-order valence-corrected chi connectivity index (χ1v) is 0. The largest absolute Gasteiger partial charge is 1.00 e. The monoisotopic (exact) mass is 85.0 g/mol. The first-order valence-electron chi connectivity index (χ1n) is 0. The summed E-state index contributed by atoms with van der Waals surface area (Å²) < 4.78 is 0. The normalized spacial score (nSPS) is 0. The molecule has 0 bridgehead atoms. The Morgan fingerprint density at radius 2 is 0.500 bits per heavy atom. The van der Waals surface area contributed by atoms with E-state index >= 15 is 0 Å². The minimum Gasteiger partial charge on any atom is -0.693 e. The molecule has 0 aromatic heterocycles. The first-order chi connectivity index (χ1) is 0. The molecule has 0 aliphatic carbocycles. The van der Waals surface area contributed by atoms with Crippen LogP contribution in [-0.2, 0) is 0 Å². The van der Waals surface area contributed by atoms with Gasteiger partial charge in [0.15, 0.2) is 0 Å². The van der Waals surface area contributed by atoms with Gasteiger partial charge in [0.25, 0.3) is 0 Å². The van der Waals surface area contributed by atoms with Gasteiger partial charge in [-0.3, -0.25) is 0 Å². The zero-order valence-electron chi connectivity index (χ0n) is 3.58. The third kappa shape index (κ3) is 8.88. The van der Waals surface area contributed by atoms with E-state index < -0.39 is 0 Å². The van der Waals surface area contributed by atoms with Gasteiger partial charge in [0, 0.05) is 0 Å². The minimum absolute atomic E-state index is 0. The van der Waals surface area contributed by atoms with Gasteiger partial charge in [0.1, 0.15) is 0 Å². The molecule has 4 heteroatoms. The minimum atomic E-state index is 0. The molecule has 0 aromatic rings. The van der Waals surface area contributed by atoms with E-state index in [1.54, 1.807) is 0 Å². The number of hydrogen-bond donors (Lipinski definition) is 0. The molecule has 1 nitrogen and oxygen atoms in total. The van der Waals surface area contributed by atoms with Gasteiger partial charge in [-0.2, -0.15) is 0 Å². The molecule has 0 aliphatic rings. The fourth-order valence-electron chi connectivity index (χ4n) is 0. The molecule has 0 radical (unpaired) electrons. The quantitative estimate of drug-likeness (QED) is 0.262. The standard InChI is InChI=1S/H2N.3Na/h1H2;;;/q-1;3*+1. The Morgan fingerprint density at radius 1 is 0.500 bits per heavy atom. The second-order valence-corrected chi connectivity index (χ2v) is 0. The van der Waals surface area contributed by atoms with E-state index in [2.05, 4.69) is 0 Å². The fourth-order valence-corrected chi connectivity index (χ4v) is 0. The van der Waals surface area contributed by atoms with Crippen LogP contribution in [-0.4, -0.2) is 0 Å². The Hall–Kier alpha value is 2.96. The van der Waals surface area contributed by atoms with Crippen LogP contribution in [0.1, 0.15) is 0 Å². The van der Waals surface area contributed by atoms with E-state index in [0.29, 0.717) is 0 Å². The molecule has 0 spiro atoms. The van der Waals surface area contributed by atoms with Crippen LogP contribution in [0, 0.1) is 0 Å². The van der Waals surface area contributed by atoms with Gasteiger partial charge in [-0.1, -0.05) is 0 Å². The van der Waals surface area contributed by atoms with Crippen LogP contribution >= 0.6 is 0 Å². The third-order valence-corrected chi connectivity index (χ3v) is 0. The van der Waals surface area contributed by atoms with Gasteiger partial charge in [-0.05, 0) is 0 Å². The average molecular weight is 85.0 g/mol. The van der Waals surface area contributed by atoms with Crippen LogP contribution in [0.15, 0.2) is 0 Å². The van der Waals surface area contributed by atoms with Gasteiger partial charge >= 0.3 is 88.7 Å². The molecule has 0 saturated heterocycles. The summed E-state index contributed by atoms with van der Waals surface area (Å²) in [5, 5.41) is 0. The van der Waals surface area contributed by atoms with E-state index in [0.717, 1.165) is 0 Å². The number of rotatable bonds is 0. The van der Waals surface area contributed by atoms with E-state index in [1.807, 2.05) is 0 Å². The number of nitrogens with two attached hydrogens (primary N) is 1. The zero-order valence-corrected chi connectivity index (χ0v) is 9.58. The molecular formula is H2NNa3+2. The van der Waals surface area contributed by atoms with Crippen LogP contribution in [0.4, 0.5) is 0 Å². The predicted octanol–water partition coefficient (Wildman–Crippen LogP) is -8.27. The van der Waals surface area contributed by atoms with Gasteiger partial charge in [-0.25, -0.2) is 0 Å². The van der Waals surface area contributed by atoms with Crippen molar-refractivity contribution in [2.75, 3.05) is 0 Å². The molecule has 0 amide bonds. The summed E-state index contributed by atoms with van der Waals surface area (Å²) in [5.41, 5.74) is 0. The van der Waals surface area contributed by atoms with Crippen LogP contribution < -0.4 is 88.7 Å². The topological polar surface area (TPSA) is 33.5 Å². The second-order valence-electron chi connectivity index (χ2n) is 0. The number of hydrogen-bond acceptors (Lipinski definition) is 0. The molecule has 0 saturated carbocycles. The van der Waals surface area contributed by atoms with Gasteiger partial charge in [0.05, 0.1) is 0 Å². The second kappa shape index (κ2) is 16.7. The summed E-state index contributed by atoms with van der Waals surface area (Å²) in [6, 6.07) is 0. The van der Waals surface area contributed by atoms with Crippen molar-refractivity contribution in [2.45, 2.75) is 0 Å². The maximum atomic E-state index is 0. The molecular weight excluding hydrogens is 83.0 g/mol. The Kier molecular flexibility index (Phi) is 118. The Morgan fingerprint density at radius 3 is 0.500 bits per heavy atom. The van der Waals surface area contributed by atoms with Crippen LogP contribution in [0.25, 0.3) is 6.15 Å². The van der Waals surface area contributed by atoms with Crippen molar-refractivity contribution >= 4 is 0 Å². The Bertz CT molecular complexity index is 3.25. The molecule has 2 N–H and O–H groups in total. The van der Waals surface area contributed by atoms with Gasteiger partial charge in [0.2, 0.25) is 0 Å². The summed E-state index contributed by atoms with van der Waals surface area (Å²) in [5.74, 6) is 0. The van der Waals surface area contributed by atoms with Crippen LogP contribution in [0.5, 0.6) is 0 Å². The summed E-state index contributed by atoms with van der Waals surface area (Å²) in [6.45, 7) is 0. The summed E-state index contributed by atoms with van der Waals surface area (Å²) in [6.07, 6.45) is 0. The molecule has 4 heavy (non-hydrogen) atoms. The maximum absolute atomic E-state index is 0. The van der Waals surface area contributed by atoms with Gasteiger partial charge in [-0.15, -0.1) is 0 Å².